The van der Waals surface area contributed by atoms with Gasteiger partial charge in [-0.05, 0) is 44.0 Å². The minimum atomic E-state index is -4.81. The summed E-state index contributed by atoms with van der Waals surface area (Å²) in [6, 6.07) is 4.83. The van der Waals surface area contributed by atoms with Crippen LogP contribution in [0, 0.1) is 0 Å². The number of carbonyl (C=O) groups excluding carboxylic acids is 2. The average Bonchev–Trinajstić information content (AvgIpc) is 3.23. The smallest absolute Gasteiger partial charge is 0.417 e. The number of ether oxygens (including phenoxy) is 1. The molecule has 0 saturated heterocycles. The summed E-state index contributed by atoms with van der Waals surface area (Å²) in [5, 5.41) is 7.54. The molecule has 1 fully saturated rings. The molecule has 0 unspecified atom stereocenters. The van der Waals surface area contributed by atoms with E-state index in [0.717, 1.165) is 12.1 Å². The van der Waals surface area contributed by atoms with Crippen molar-refractivity contribution in [3.8, 4) is 5.69 Å². The Hall–Kier alpha value is -3.43. The molecule has 1 aliphatic rings. The molecule has 1 aliphatic carbocycles. The van der Waals surface area contributed by atoms with Crippen molar-refractivity contribution in [1.29, 1.82) is 0 Å². The second-order valence-corrected chi connectivity index (χ2v) is 6.77. The van der Waals surface area contributed by atoms with E-state index in [0.29, 0.717) is 12.8 Å². The van der Waals surface area contributed by atoms with Gasteiger partial charge in [-0.1, -0.05) is 5.16 Å². The summed E-state index contributed by atoms with van der Waals surface area (Å²) in [6.45, 7) is 1.58. The Balaban J connectivity index is 1.84. The van der Waals surface area contributed by atoms with E-state index in [4.69, 9.17) is 9.26 Å². The molecule has 0 atom stereocenters. The van der Waals surface area contributed by atoms with Crippen molar-refractivity contribution in [2.45, 2.75) is 31.9 Å². The molecular formula is C20H16F3N3O4. The second-order valence-electron chi connectivity index (χ2n) is 6.77. The highest BCUT2D eigenvalue weighted by atomic mass is 19.4. The number of hydrogen-bond donors (Lipinski definition) is 0. The monoisotopic (exact) mass is 419 g/mol. The fraction of sp³-hybridized carbons (Fsp3) is 0.300. The highest BCUT2D eigenvalue weighted by molar-refractivity contribution is 6.15. The Labute approximate surface area is 168 Å². The van der Waals surface area contributed by atoms with E-state index in [1.807, 2.05) is 0 Å². The molecule has 0 bridgehead atoms. The first-order valence-electron chi connectivity index (χ1n) is 9.24. The Morgan fingerprint density at radius 3 is 2.67 bits per heavy atom. The van der Waals surface area contributed by atoms with E-state index in [2.05, 4.69) is 10.3 Å². The lowest BCUT2D eigenvalue weighted by molar-refractivity contribution is -0.137. The molecule has 1 saturated carbocycles. The third kappa shape index (κ3) is 3.60. The number of rotatable bonds is 6. The fourth-order valence-electron chi connectivity index (χ4n) is 3.15. The van der Waals surface area contributed by atoms with E-state index < -0.39 is 34.7 Å². The number of alkyl halides is 3. The number of nitrogens with zero attached hydrogens (tertiary/aromatic N) is 3. The van der Waals surface area contributed by atoms with Crippen molar-refractivity contribution in [3.63, 3.8) is 0 Å². The molecule has 1 aromatic carbocycles. The number of ketones is 1. The third-order valence-electron chi connectivity index (χ3n) is 4.68. The van der Waals surface area contributed by atoms with E-state index in [-0.39, 0.29) is 29.5 Å². The predicted molar refractivity (Wildman–Crippen MR) is 96.4 cm³/mol. The zero-order valence-corrected chi connectivity index (χ0v) is 15.8. The minimum Gasteiger partial charge on any atom is -0.461 e. The third-order valence-corrected chi connectivity index (χ3v) is 4.68. The molecule has 2 aromatic heterocycles. The van der Waals surface area contributed by atoms with E-state index in [9.17, 15) is 22.8 Å². The maximum atomic E-state index is 13.8. The largest absolute Gasteiger partial charge is 0.461 e. The first-order chi connectivity index (χ1) is 14.3. The van der Waals surface area contributed by atoms with Gasteiger partial charge in [-0.15, -0.1) is 0 Å². The van der Waals surface area contributed by atoms with Crippen LogP contribution in [0.5, 0.6) is 0 Å². The number of esters is 1. The topological polar surface area (TPSA) is 87.2 Å². The normalized spacial score (nSPS) is 14.0. The molecular weight excluding hydrogens is 403 g/mol. The van der Waals surface area contributed by atoms with Gasteiger partial charge in [0, 0.05) is 23.9 Å². The highest BCUT2D eigenvalue weighted by Crippen LogP contribution is 2.44. The van der Waals surface area contributed by atoms with E-state index >= 15 is 0 Å². The summed E-state index contributed by atoms with van der Waals surface area (Å²) in [6.07, 6.45) is -0.503. The second kappa shape index (κ2) is 7.43. The lowest BCUT2D eigenvalue weighted by atomic mass is 9.95. The summed E-state index contributed by atoms with van der Waals surface area (Å²) in [5.41, 5.74) is -2.28. The van der Waals surface area contributed by atoms with Crippen LogP contribution in [0.1, 0.15) is 63.4 Å². The van der Waals surface area contributed by atoms with Gasteiger partial charge in [-0.2, -0.15) is 18.3 Å². The summed E-state index contributed by atoms with van der Waals surface area (Å²) < 4.78 is 52.7. The van der Waals surface area contributed by atoms with Crippen LogP contribution in [-0.4, -0.2) is 33.3 Å². The van der Waals surface area contributed by atoms with Crippen molar-refractivity contribution < 1.29 is 32.0 Å². The van der Waals surface area contributed by atoms with Crippen LogP contribution in [0.4, 0.5) is 13.2 Å². The summed E-state index contributed by atoms with van der Waals surface area (Å²) in [7, 11) is 0. The minimum absolute atomic E-state index is 0.0183. The summed E-state index contributed by atoms with van der Waals surface area (Å²) in [4.78, 5) is 25.4. The quantitative estimate of drug-likeness (QED) is 0.440. The molecule has 10 heteroatoms. The maximum Gasteiger partial charge on any atom is 0.417 e. The number of carbonyl (C=O) groups is 2. The molecule has 0 aliphatic heterocycles. The molecule has 3 aromatic rings. The van der Waals surface area contributed by atoms with Gasteiger partial charge in [0.2, 0.25) is 5.69 Å². The molecule has 2 heterocycles. The standard InChI is InChI=1S/C20H16F3N3O4/c1-2-29-19(28)16-15(18(30-25-16)11-4-5-11)17(27)13-7-6-12(26-9-3-8-24-26)10-14(13)20(21,22)23/h3,6-11H,2,4-5H2,1H3. The molecule has 7 nitrogen and oxygen atoms in total. The Bertz CT molecular complexity index is 1100. The molecule has 0 amide bonds. The molecule has 30 heavy (non-hydrogen) atoms. The zero-order valence-electron chi connectivity index (χ0n) is 15.8. The molecule has 4 rings (SSSR count). The van der Waals surface area contributed by atoms with Crippen LogP contribution in [0.2, 0.25) is 0 Å². The van der Waals surface area contributed by atoms with Gasteiger partial charge < -0.3 is 9.26 Å². The number of hydrogen-bond acceptors (Lipinski definition) is 6. The number of halogens is 3. The molecule has 0 spiro atoms. The fourth-order valence-corrected chi connectivity index (χ4v) is 3.15. The van der Waals surface area contributed by atoms with Crippen molar-refractivity contribution in [3.05, 3.63) is 64.8 Å². The summed E-state index contributed by atoms with van der Waals surface area (Å²) in [5.74, 6) is -1.94. The van der Waals surface area contributed by atoms with E-state index in [1.165, 1.54) is 23.1 Å². The van der Waals surface area contributed by atoms with Gasteiger partial charge in [0.1, 0.15) is 5.56 Å². The Kier molecular flexibility index (Phi) is 4.92. The van der Waals surface area contributed by atoms with Gasteiger partial charge in [0.05, 0.1) is 17.9 Å². The van der Waals surface area contributed by atoms with Gasteiger partial charge in [0.15, 0.2) is 11.5 Å². The van der Waals surface area contributed by atoms with E-state index in [1.54, 1.807) is 13.0 Å². The van der Waals surface area contributed by atoms with Crippen LogP contribution >= 0.6 is 0 Å². The van der Waals surface area contributed by atoms with Crippen LogP contribution in [-0.2, 0) is 10.9 Å². The van der Waals surface area contributed by atoms with Gasteiger partial charge >= 0.3 is 12.1 Å². The SMILES string of the molecule is CCOC(=O)c1noc(C2CC2)c1C(=O)c1ccc(-n2cccn2)cc1C(F)(F)F. The first kappa shape index (κ1) is 19.9. The van der Waals surface area contributed by atoms with Crippen LogP contribution in [0.3, 0.4) is 0 Å². The summed E-state index contributed by atoms with van der Waals surface area (Å²) >= 11 is 0. The number of aromatic nitrogens is 3. The van der Waals surface area contributed by atoms with Gasteiger partial charge in [-0.3, -0.25) is 4.79 Å². The number of benzene rings is 1. The van der Waals surface area contributed by atoms with Crippen LogP contribution < -0.4 is 0 Å². The van der Waals surface area contributed by atoms with Crippen molar-refractivity contribution in [2.75, 3.05) is 6.61 Å². The zero-order chi connectivity index (χ0) is 21.5. The Morgan fingerprint density at radius 2 is 2.07 bits per heavy atom. The highest BCUT2D eigenvalue weighted by Gasteiger charge is 2.41. The molecule has 0 N–H and O–H groups in total. The van der Waals surface area contributed by atoms with Crippen molar-refractivity contribution >= 4 is 11.8 Å². The molecule has 156 valence electrons. The van der Waals surface area contributed by atoms with Crippen LogP contribution in [0.15, 0.2) is 41.2 Å². The van der Waals surface area contributed by atoms with Gasteiger partial charge in [0.25, 0.3) is 0 Å². The van der Waals surface area contributed by atoms with Crippen LogP contribution in [0.25, 0.3) is 5.69 Å². The lowest BCUT2D eigenvalue weighted by Gasteiger charge is -2.14. The van der Waals surface area contributed by atoms with Gasteiger partial charge in [-0.25, -0.2) is 9.48 Å². The predicted octanol–water partition coefficient (Wildman–Crippen LogP) is 4.16. The molecule has 0 radical (unpaired) electrons. The lowest BCUT2D eigenvalue weighted by Crippen LogP contribution is -2.18. The first-order valence-corrected chi connectivity index (χ1v) is 9.24. The Morgan fingerprint density at radius 1 is 1.30 bits per heavy atom. The van der Waals surface area contributed by atoms with Crippen molar-refractivity contribution in [2.24, 2.45) is 0 Å². The van der Waals surface area contributed by atoms with Crippen molar-refractivity contribution in [1.82, 2.24) is 14.9 Å². The average molecular weight is 419 g/mol. The maximum absolute atomic E-state index is 13.8.